The lowest BCUT2D eigenvalue weighted by Crippen LogP contribution is -2.33. The van der Waals surface area contributed by atoms with Gasteiger partial charge in [-0.05, 0) is 54.6 Å². The Hall–Kier alpha value is -2.27. The van der Waals surface area contributed by atoms with Gasteiger partial charge in [0.15, 0.2) is 14.6 Å². The molecule has 0 amide bonds. The first kappa shape index (κ1) is 21.4. The standard InChI is InChI=1S/C22H24NO4PS/c1-3-11-26-22(25)16(2)23-28(27-19-7-5-4-6-8-19)15-17-9-10-21-18(12-17)13-20(14-24)29-21/h4-10,12-14,16,23H,3,11,15H2,1-2H3. The molecule has 0 aliphatic carbocycles. The highest BCUT2D eigenvalue weighted by Gasteiger charge is 2.21. The molecule has 7 heteroatoms. The maximum absolute atomic E-state index is 12.2. The fraction of sp³-hybridized carbons (Fsp3) is 0.273. The normalized spacial score (nSPS) is 13.0. The first-order chi connectivity index (χ1) is 14.1. The highest BCUT2D eigenvalue weighted by Crippen LogP contribution is 2.39. The van der Waals surface area contributed by atoms with Crippen molar-refractivity contribution in [1.82, 2.24) is 5.09 Å². The Balaban J connectivity index is 1.76. The average molecular weight is 429 g/mol. The molecule has 0 radical (unpaired) electrons. The number of nitrogens with one attached hydrogen (secondary N) is 1. The van der Waals surface area contributed by atoms with Crippen molar-refractivity contribution in [2.45, 2.75) is 32.5 Å². The van der Waals surface area contributed by atoms with Crippen LogP contribution in [0.3, 0.4) is 0 Å². The smallest absolute Gasteiger partial charge is 0.323 e. The molecule has 3 aromatic rings. The Morgan fingerprint density at radius 1 is 1.21 bits per heavy atom. The largest absolute Gasteiger partial charge is 0.465 e. The maximum Gasteiger partial charge on any atom is 0.323 e. The van der Waals surface area contributed by atoms with E-state index in [1.165, 1.54) is 11.3 Å². The Morgan fingerprint density at radius 3 is 2.72 bits per heavy atom. The first-order valence-electron chi connectivity index (χ1n) is 9.50. The van der Waals surface area contributed by atoms with Crippen LogP contribution in [0.4, 0.5) is 0 Å². The minimum absolute atomic E-state index is 0.278. The van der Waals surface area contributed by atoms with Crippen molar-refractivity contribution in [3.8, 4) is 5.75 Å². The molecule has 0 spiro atoms. The predicted molar refractivity (Wildman–Crippen MR) is 119 cm³/mol. The molecule has 3 rings (SSSR count). The Morgan fingerprint density at radius 2 is 2.00 bits per heavy atom. The molecule has 1 N–H and O–H groups in total. The van der Waals surface area contributed by atoms with Gasteiger partial charge in [-0.1, -0.05) is 31.2 Å². The zero-order chi connectivity index (χ0) is 20.6. The van der Waals surface area contributed by atoms with Crippen molar-refractivity contribution in [2.75, 3.05) is 6.61 Å². The van der Waals surface area contributed by atoms with Gasteiger partial charge in [-0.25, -0.2) is 0 Å². The van der Waals surface area contributed by atoms with Crippen LogP contribution < -0.4 is 9.61 Å². The second-order valence-electron chi connectivity index (χ2n) is 6.60. The van der Waals surface area contributed by atoms with E-state index < -0.39 is 14.3 Å². The fourth-order valence-corrected chi connectivity index (χ4v) is 5.26. The summed E-state index contributed by atoms with van der Waals surface area (Å²) in [5.74, 6) is 0.472. The molecular formula is C22H24NO4PS. The van der Waals surface area contributed by atoms with Crippen LogP contribution in [0.25, 0.3) is 10.1 Å². The van der Waals surface area contributed by atoms with Crippen molar-refractivity contribution in [1.29, 1.82) is 0 Å². The van der Waals surface area contributed by atoms with Crippen molar-refractivity contribution < 1.29 is 18.8 Å². The van der Waals surface area contributed by atoms with E-state index >= 15 is 0 Å². The molecule has 1 aromatic heterocycles. The summed E-state index contributed by atoms with van der Waals surface area (Å²) in [4.78, 5) is 23.9. The van der Waals surface area contributed by atoms with Crippen LogP contribution in [0, 0.1) is 0 Å². The second kappa shape index (κ2) is 10.5. The summed E-state index contributed by atoms with van der Waals surface area (Å²) in [6, 6.07) is 17.1. The number of benzene rings is 2. The van der Waals surface area contributed by atoms with E-state index in [2.05, 4.69) is 11.2 Å². The average Bonchev–Trinajstić information content (AvgIpc) is 3.15. The molecular weight excluding hydrogens is 405 g/mol. The van der Waals surface area contributed by atoms with Crippen LogP contribution in [-0.4, -0.2) is 24.9 Å². The Bertz CT molecular complexity index is 960. The van der Waals surface area contributed by atoms with Crippen LogP contribution in [0.5, 0.6) is 5.75 Å². The number of para-hydroxylation sites is 1. The minimum atomic E-state index is -1.17. The number of esters is 1. The molecule has 1 heterocycles. The summed E-state index contributed by atoms with van der Waals surface area (Å²) in [6.07, 6.45) is 2.29. The molecule has 152 valence electrons. The summed E-state index contributed by atoms with van der Waals surface area (Å²) in [5.41, 5.74) is 1.08. The number of hydrogen-bond acceptors (Lipinski definition) is 6. The summed E-state index contributed by atoms with van der Waals surface area (Å²) >= 11 is 1.48. The number of carbonyl (C=O) groups excluding carboxylic acids is 2. The maximum atomic E-state index is 12.2. The molecule has 2 atom stereocenters. The SMILES string of the molecule is CCCOC(=O)C(C)NP(Cc1ccc2sc(C=O)cc2c1)Oc1ccccc1. The van der Waals surface area contributed by atoms with E-state index in [0.29, 0.717) is 17.6 Å². The molecule has 2 aromatic carbocycles. The van der Waals surface area contributed by atoms with Gasteiger partial charge in [0, 0.05) is 10.9 Å². The van der Waals surface area contributed by atoms with Gasteiger partial charge < -0.3 is 9.26 Å². The number of hydrogen-bond donors (Lipinski definition) is 1. The van der Waals surface area contributed by atoms with Crippen molar-refractivity contribution in [2.24, 2.45) is 0 Å². The first-order valence-corrected chi connectivity index (χ1v) is 11.8. The lowest BCUT2D eigenvalue weighted by molar-refractivity contribution is -0.145. The molecule has 2 unspecified atom stereocenters. The molecule has 29 heavy (non-hydrogen) atoms. The van der Waals surface area contributed by atoms with Gasteiger partial charge in [-0.15, -0.1) is 11.3 Å². The van der Waals surface area contributed by atoms with Gasteiger partial charge in [0.1, 0.15) is 11.8 Å². The van der Waals surface area contributed by atoms with Crippen LogP contribution in [0.1, 0.15) is 35.5 Å². The Kier molecular flexibility index (Phi) is 7.76. The molecule has 0 saturated heterocycles. The van der Waals surface area contributed by atoms with Crippen LogP contribution in [0.2, 0.25) is 0 Å². The number of rotatable bonds is 10. The van der Waals surface area contributed by atoms with E-state index in [4.69, 9.17) is 9.26 Å². The summed E-state index contributed by atoms with van der Waals surface area (Å²) < 4.78 is 12.5. The van der Waals surface area contributed by atoms with Gasteiger partial charge in [0.2, 0.25) is 0 Å². The van der Waals surface area contributed by atoms with Crippen LogP contribution in [-0.2, 0) is 15.7 Å². The van der Waals surface area contributed by atoms with Crippen molar-refractivity contribution in [3.63, 3.8) is 0 Å². The van der Waals surface area contributed by atoms with Gasteiger partial charge in [-0.3, -0.25) is 14.7 Å². The second-order valence-corrected chi connectivity index (χ2v) is 9.23. The van der Waals surface area contributed by atoms with Gasteiger partial charge in [0.05, 0.1) is 11.5 Å². The van der Waals surface area contributed by atoms with E-state index in [-0.39, 0.29) is 5.97 Å². The van der Waals surface area contributed by atoms with Gasteiger partial charge in [0.25, 0.3) is 0 Å². The van der Waals surface area contributed by atoms with E-state index in [0.717, 1.165) is 34.1 Å². The van der Waals surface area contributed by atoms with E-state index in [1.807, 2.05) is 55.5 Å². The van der Waals surface area contributed by atoms with Gasteiger partial charge in [-0.2, -0.15) is 0 Å². The molecule has 0 aliphatic rings. The fourth-order valence-electron chi connectivity index (χ4n) is 2.74. The number of aldehydes is 1. The van der Waals surface area contributed by atoms with Gasteiger partial charge >= 0.3 is 5.97 Å². The van der Waals surface area contributed by atoms with Crippen LogP contribution >= 0.6 is 19.6 Å². The lowest BCUT2D eigenvalue weighted by Gasteiger charge is -2.23. The Labute approximate surface area is 175 Å². The topological polar surface area (TPSA) is 64.6 Å². The highest BCUT2D eigenvalue weighted by molar-refractivity contribution is 7.50. The summed E-state index contributed by atoms with van der Waals surface area (Å²) in [7, 11) is -1.17. The monoisotopic (exact) mass is 429 g/mol. The third kappa shape index (κ3) is 6.10. The summed E-state index contributed by atoms with van der Waals surface area (Å²) in [6.45, 7) is 4.17. The van der Waals surface area contributed by atoms with Crippen molar-refractivity contribution in [3.05, 3.63) is 65.0 Å². The summed E-state index contributed by atoms with van der Waals surface area (Å²) in [5, 5.41) is 4.34. The zero-order valence-corrected chi connectivity index (χ0v) is 18.2. The lowest BCUT2D eigenvalue weighted by atomic mass is 10.2. The number of thiophene rings is 1. The van der Waals surface area contributed by atoms with E-state index in [1.54, 1.807) is 6.92 Å². The molecule has 0 aliphatic heterocycles. The number of carbonyl (C=O) groups is 2. The van der Waals surface area contributed by atoms with Crippen LogP contribution in [0.15, 0.2) is 54.6 Å². The quantitative estimate of drug-likeness (QED) is 0.261. The van der Waals surface area contributed by atoms with Crippen molar-refractivity contribution >= 4 is 42.0 Å². The third-order valence-corrected chi connectivity index (χ3v) is 6.94. The van der Waals surface area contributed by atoms with E-state index in [9.17, 15) is 9.59 Å². The molecule has 5 nitrogen and oxygen atoms in total. The predicted octanol–water partition coefficient (Wildman–Crippen LogP) is 5.54. The zero-order valence-electron chi connectivity index (χ0n) is 16.5. The molecule has 0 fully saturated rings. The molecule has 0 saturated carbocycles. The molecule has 0 bridgehead atoms. The highest BCUT2D eigenvalue weighted by atomic mass is 32.1. The number of ether oxygens (including phenoxy) is 1. The third-order valence-electron chi connectivity index (χ3n) is 4.14. The minimum Gasteiger partial charge on any atom is -0.465 e. The number of fused-ring (bicyclic) bond motifs is 1.